The highest BCUT2D eigenvalue weighted by atomic mass is 32.1. The number of fused-ring (bicyclic) bond motifs is 1. The number of carbonyl (C=O) groups is 1. The number of piperidine rings is 1. The Kier molecular flexibility index (Phi) is 7.33. The standard InChI is InChI=1S/C27H29NO4S2/c1-19-2-3-24-25(14-19)30-15-23(32-24)16-31-26(29)6-11-28-9-4-20(5-10-28)27(21-7-12-33-17-21)22-8-13-34-18-22/h2-3,7-8,12-14,17-18,23H,4-6,9-11,15-16H2,1H3. The fraction of sp³-hybridized carbons (Fsp3) is 0.370. The molecule has 7 heteroatoms. The Hall–Kier alpha value is -2.61. The molecule has 1 saturated heterocycles. The van der Waals surface area contributed by atoms with Crippen LogP contribution in [-0.4, -0.2) is 49.8 Å². The van der Waals surface area contributed by atoms with Gasteiger partial charge in [0.05, 0.1) is 6.42 Å². The second-order valence-electron chi connectivity index (χ2n) is 8.78. The van der Waals surface area contributed by atoms with E-state index >= 15 is 0 Å². The lowest BCUT2D eigenvalue weighted by atomic mass is 9.91. The number of likely N-dealkylation sites (tertiary alicyclic amines) is 1. The second kappa shape index (κ2) is 10.8. The Bertz CT molecular complexity index is 1090. The van der Waals surface area contributed by atoms with Crippen LogP contribution in [0.15, 0.2) is 57.4 Å². The molecular formula is C27H29NO4S2. The maximum Gasteiger partial charge on any atom is 0.307 e. The summed E-state index contributed by atoms with van der Waals surface area (Å²) in [5, 5.41) is 8.77. The van der Waals surface area contributed by atoms with Crippen LogP contribution in [0.1, 0.15) is 36.0 Å². The molecule has 5 rings (SSSR count). The number of nitrogens with zero attached hydrogens (tertiary/aromatic N) is 1. The molecular weight excluding hydrogens is 466 g/mol. The molecule has 3 aromatic rings. The van der Waals surface area contributed by atoms with Gasteiger partial charge in [-0.3, -0.25) is 4.79 Å². The van der Waals surface area contributed by atoms with Crippen LogP contribution >= 0.6 is 22.7 Å². The lowest BCUT2D eigenvalue weighted by molar-refractivity contribution is -0.147. The third kappa shape index (κ3) is 5.54. The lowest BCUT2D eigenvalue weighted by Crippen LogP contribution is -2.35. The Morgan fingerprint density at radius 2 is 1.79 bits per heavy atom. The van der Waals surface area contributed by atoms with Gasteiger partial charge in [0.15, 0.2) is 17.6 Å². The van der Waals surface area contributed by atoms with Gasteiger partial charge in [-0.1, -0.05) is 11.6 Å². The first-order chi connectivity index (χ1) is 16.7. The van der Waals surface area contributed by atoms with Crippen LogP contribution < -0.4 is 9.47 Å². The van der Waals surface area contributed by atoms with E-state index in [0.29, 0.717) is 18.8 Å². The van der Waals surface area contributed by atoms with Crippen molar-refractivity contribution in [3.63, 3.8) is 0 Å². The fourth-order valence-electron chi connectivity index (χ4n) is 4.50. The second-order valence-corrected chi connectivity index (χ2v) is 10.3. The first-order valence-electron chi connectivity index (χ1n) is 11.7. The molecule has 0 bridgehead atoms. The third-order valence-electron chi connectivity index (χ3n) is 6.31. The van der Waals surface area contributed by atoms with Crippen molar-refractivity contribution >= 4 is 34.2 Å². The third-order valence-corrected chi connectivity index (χ3v) is 7.68. The van der Waals surface area contributed by atoms with E-state index in [4.69, 9.17) is 14.2 Å². The topological polar surface area (TPSA) is 48.0 Å². The first-order valence-corrected chi connectivity index (χ1v) is 13.6. The van der Waals surface area contributed by atoms with Crippen molar-refractivity contribution < 1.29 is 19.0 Å². The molecule has 0 aliphatic carbocycles. The van der Waals surface area contributed by atoms with Gasteiger partial charge in [0, 0.05) is 19.6 Å². The van der Waals surface area contributed by atoms with Gasteiger partial charge in [0.2, 0.25) is 0 Å². The van der Waals surface area contributed by atoms with Crippen molar-refractivity contribution in [2.75, 3.05) is 32.8 Å². The zero-order valence-corrected chi connectivity index (χ0v) is 21.0. The summed E-state index contributed by atoms with van der Waals surface area (Å²) in [7, 11) is 0. The summed E-state index contributed by atoms with van der Waals surface area (Å²) in [4.78, 5) is 14.7. The monoisotopic (exact) mass is 495 g/mol. The highest BCUT2D eigenvalue weighted by molar-refractivity contribution is 7.08. The molecule has 1 aromatic carbocycles. The number of carbonyl (C=O) groups excluding carboxylic acids is 1. The SMILES string of the molecule is Cc1ccc2c(c1)OCC(COC(=O)CCN1CCC(=C(c3ccsc3)c3ccsc3)CC1)O2. The van der Waals surface area contributed by atoms with Gasteiger partial charge in [0.25, 0.3) is 0 Å². The molecule has 5 nitrogen and oxygen atoms in total. The zero-order valence-electron chi connectivity index (χ0n) is 19.3. The summed E-state index contributed by atoms with van der Waals surface area (Å²) in [5.41, 5.74) is 6.68. The molecule has 4 heterocycles. The quantitative estimate of drug-likeness (QED) is 0.388. The molecule has 34 heavy (non-hydrogen) atoms. The molecule has 2 aliphatic rings. The van der Waals surface area contributed by atoms with Gasteiger partial charge >= 0.3 is 5.97 Å². The predicted molar refractivity (Wildman–Crippen MR) is 137 cm³/mol. The van der Waals surface area contributed by atoms with Crippen LogP contribution in [0, 0.1) is 6.92 Å². The fourth-order valence-corrected chi connectivity index (χ4v) is 5.79. The Morgan fingerprint density at radius 1 is 1.06 bits per heavy atom. The molecule has 0 N–H and O–H groups in total. The molecule has 178 valence electrons. The molecule has 1 fully saturated rings. The molecule has 1 atom stereocenters. The normalized spacial score (nSPS) is 18.0. The Balaban J connectivity index is 1.08. The predicted octanol–water partition coefficient (Wildman–Crippen LogP) is 5.79. The van der Waals surface area contributed by atoms with E-state index in [9.17, 15) is 4.79 Å². The Labute approximate surface area is 208 Å². The van der Waals surface area contributed by atoms with E-state index in [-0.39, 0.29) is 18.7 Å². The summed E-state index contributed by atoms with van der Waals surface area (Å²) < 4.78 is 17.2. The minimum absolute atomic E-state index is 0.183. The number of thiophene rings is 2. The first kappa shape index (κ1) is 23.1. The molecule has 0 radical (unpaired) electrons. The Morgan fingerprint density at radius 3 is 2.47 bits per heavy atom. The van der Waals surface area contributed by atoms with Crippen LogP contribution in [0.4, 0.5) is 0 Å². The van der Waals surface area contributed by atoms with Gasteiger partial charge in [-0.05, 0) is 87.8 Å². The smallest absolute Gasteiger partial charge is 0.307 e. The van der Waals surface area contributed by atoms with Gasteiger partial charge in [-0.25, -0.2) is 0 Å². The van der Waals surface area contributed by atoms with Crippen molar-refractivity contribution in [3.05, 3.63) is 74.1 Å². The number of rotatable bonds is 7. The average molecular weight is 496 g/mol. The summed E-state index contributed by atoms with van der Waals surface area (Å²) in [6, 6.07) is 10.3. The molecule has 2 aliphatic heterocycles. The maximum absolute atomic E-state index is 12.3. The van der Waals surface area contributed by atoms with E-state index in [1.54, 1.807) is 22.7 Å². The summed E-state index contributed by atoms with van der Waals surface area (Å²) >= 11 is 3.49. The molecule has 1 unspecified atom stereocenters. The van der Waals surface area contributed by atoms with Crippen molar-refractivity contribution in [1.29, 1.82) is 0 Å². The van der Waals surface area contributed by atoms with Crippen molar-refractivity contribution in [3.8, 4) is 11.5 Å². The van der Waals surface area contributed by atoms with E-state index in [0.717, 1.165) is 43.8 Å². The highest BCUT2D eigenvalue weighted by Crippen LogP contribution is 2.35. The lowest BCUT2D eigenvalue weighted by Gasteiger charge is -2.30. The van der Waals surface area contributed by atoms with Crippen molar-refractivity contribution in [2.24, 2.45) is 0 Å². The summed E-state index contributed by atoms with van der Waals surface area (Å²) in [6.07, 6.45) is 2.18. The van der Waals surface area contributed by atoms with E-state index in [1.807, 2.05) is 25.1 Å². The zero-order chi connectivity index (χ0) is 23.3. The van der Waals surface area contributed by atoms with E-state index in [2.05, 4.69) is 38.6 Å². The number of ether oxygens (including phenoxy) is 3. The van der Waals surface area contributed by atoms with Crippen LogP contribution in [-0.2, 0) is 9.53 Å². The average Bonchev–Trinajstić information content (AvgIpc) is 3.58. The van der Waals surface area contributed by atoms with Gasteiger partial charge in [-0.15, -0.1) is 0 Å². The number of esters is 1. The molecule has 0 spiro atoms. The molecule has 2 aromatic heterocycles. The van der Waals surface area contributed by atoms with E-state index in [1.165, 1.54) is 22.3 Å². The highest BCUT2D eigenvalue weighted by Gasteiger charge is 2.23. The van der Waals surface area contributed by atoms with Crippen LogP contribution in [0.3, 0.4) is 0 Å². The van der Waals surface area contributed by atoms with Gasteiger partial charge in [-0.2, -0.15) is 22.7 Å². The summed E-state index contributed by atoms with van der Waals surface area (Å²) in [5.74, 6) is 1.28. The summed E-state index contributed by atoms with van der Waals surface area (Å²) in [6.45, 7) is 5.28. The number of hydrogen-bond acceptors (Lipinski definition) is 7. The van der Waals surface area contributed by atoms with Crippen LogP contribution in [0.5, 0.6) is 11.5 Å². The van der Waals surface area contributed by atoms with E-state index < -0.39 is 0 Å². The number of benzene rings is 1. The minimum Gasteiger partial charge on any atom is -0.486 e. The minimum atomic E-state index is -0.269. The largest absolute Gasteiger partial charge is 0.486 e. The van der Waals surface area contributed by atoms with Crippen LogP contribution in [0.2, 0.25) is 0 Å². The van der Waals surface area contributed by atoms with Crippen molar-refractivity contribution in [1.82, 2.24) is 4.90 Å². The van der Waals surface area contributed by atoms with Crippen LogP contribution in [0.25, 0.3) is 5.57 Å². The maximum atomic E-state index is 12.3. The number of hydrogen-bond donors (Lipinski definition) is 0. The number of aryl methyl sites for hydroxylation is 1. The molecule has 0 amide bonds. The molecule has 0 saturated carbocycles. The van der Waals surface area contributed by atoms with Gasteiger partial charge < -0.3 is 19.1 Å². The van der Waals surface area contributed by atoms with Crippen molar-refractivity contribution in [2.45, 2.75) is 32.3 Å². The van der Waals surface area contributed by atoms with Gasteiger partial charge in [0.1, 0.15) is 13.2 Å².